The molecule has 3 rings (SSSR count). The third-order valence-electron chi connectivity index (χ3n) is 2.94. The molecule has 2 aliphatic heterocycles. The third-order valence-corrected chi connectivity index (χ3v) is 2.94. The molecule has 0 radical (unpaired) electrons. The van der Waals surface area contributed by atoms with E-state index in [0.717, 1.165) is 12.3 Å². The highest BCUT2D eigenvalue weighted by atomic mass is 14.9. The summed E-state index contributed by atoms with van der Waals surface area (Å²) >= 11 is 0. The Morgan fingerprint density at radius 2 is 2.17 bits per heavy atom. The summed E-state index contributed by atoms with van der Waals surface area (Å²) in [6.07, 6.45) is 6.33. The first-order valence-corrected chi connectivity index (χ1v) is 4.84. The molecular formula is C10H16N2. The van der Waals surface area contributed by atoms with Gasteiger partial charge in [-0.2, -0.15) is 0 Å². The average Bonchev–Trinajstić information content (AvgIpc) is 1.92. The van der Waals surface area contributed by atoms with Crippen LogP contribution in [0.25, 0.3) is 0 Å². The maximum Gasteiger partial charge on any atom is 0.0557 e. The highest BCUT2D eigenvalue weighted by Crippen LogP contribution is 2.31. The van der Waals surface area contributed by atoms with Crippen LogP contribution in [0.2, 0.25) is 0 Å². The second kappa shape index (κ2) is 3.00. The lowest BCUT2D eigenvalue weighted by Gasteiger charge is -2.33. The van der Waals surface area contributed by atoms with Crippen LogP contribution in [-0.2, 0) is 0 Å². The Hall–Kier alpha value is -0.660. The van der Waals surface area contributed by atoms with Gasteiger partial charge in [0.05, 0.1) is 6.04 Å². The van der Waals surface area contributed by atoms with Crippen molar-refractivity contribution in [1.82, 2.24) is 0 Å². The molecule has 0 saturated heterocycles. The van der Waals surface area contributed by atoms with Gasteiger partial charge in [-0.05, 0) is 37.3 Å². The van der Waals surface area contributed by atoms with E-state index in [-0.39, 0.29) is 0 Å². The van der Waals surface area contributed by atoms with Crippen molar-refractivity contribution in [2.24, 2.45) is 16.8 Å². The molecule has 1 fully saturated rings. The SMILES string of the molecule is C[C@@H]1CC2=N[C@@H](C2)C[C@@H](C=N)C1. The van der Waals surface area contributed by atoms with Gasteiger partial charge in [-0.1, -0.05) is 6.92 Å². The highest BCUT2D eigenvalue weighted by molar-refractivity contribution is 5.89. The molecule has 0 aromatic rings. The summed E-state index contributed by atoms with van der Waals surface area (Å²) in [5.74, 6) is 1.23. The van der Waals surface area contributed by atoms with Crippen LogP contribution in [0.3, 0.4) is 0 Å². The zero-order valence-electron chi connectivity index (χ0n) is 7.59. The Morgan fingerprint density at radius 3 is 2.83 bits per heavy atom. The first-order valence-electron chi connectivity index (χ1n) is 4.84. The Morgan fingerprint density at radius 1 is 1.42 bits per heavy atom. The molecule has 1 N–H and O–H groups in total. The number of fused-ring (bicyclic) bond motifs is 4. The molecule has 0 aromatic carbocycles. The molecule has 3 atom stereocenters. The Balaban J connectivity index is 2.06. The van der Waals surface area contributed by atoms with E-state index < -0.39 is 0 Å². The van der Waals surface area contributed by atoms with Crippen molar-refractivity contribution in [3.63, 3.8) is 0 Å². The molecular weight excluding hydrogens is 148 g/mol. The maximum atomic E-state index is 7.29. The standard InChI is InChI=1S/C10H16N2/c1-7-2-8(6-11)4-10-5-9(3-7)12-10/h6-8,10-11H,2-5H2,1H3/t7-,8-,10+/m0/s1. The van der Waals surface area contributed by atoms with Crippen LogP contribution >= 0.6 is 0 Å². The molecule has 2 bridgehead atoms. The predicted molar refractivity (Wildman–Crippen MR) is 51.1 cm³/mol. The minimum Gasteiger partial charge on any atom is -0.313 e. The summed E-state index contributed by atoms with van der Waals surface area (Å²) in [6.45, 7) is 2.28. The first-order chi connectivity index (χ1) is 5.78. The monoisotopic (exact) mass is 164 g/mol. The van der Waals surface area contributed by atoms with Gasteiger partial charge in [0.2, 0.25) is 0 Å². The van der Waals surface area contributed by atoms with E-state index in [1.165, 1.54) is 25.0 Å². The molecule has 0 spiro atoms. The normalized spacial score (nSPS) is 40.4. The van der Waals surface area contributed by atoms with E-state index >= 15 is 0 Å². The highest BCUT2D eigenvalue weighted by Gasteiger charge is 2.28. The lowest BCUT2D eigenvalue weighted by molar-refractivity contribution is 0.389. The second-order valence-corrected chi connectivity index (χ2v) is 4.26. The predicted octanol–water partition coefficient (Wildman–Crippen LogP) is 2.29. The van der Waals surface area contributed by atoms with Crippen molar-refractivity contribution >= 4 is 11.9 Å². The van der Waals surface area contributed by atoms with Crippen LogP contribution in [0, 0.1) is 17.2 Å². The fraction of sp³-hybridized carbons (Fsp3) is 0.800. The van der Waals surface area contributed by atoms with Crippen molar-refractivity contribution in [2.75, 3.05) is 0 Å². The topological polar surface area (TPSA) is 36.2 Å². The van der Waals surface area contributed by atoms with Gasteiger partial charge in [0.25, 0.3) is 0 Å². The van der Waals surface area contributed by atoms with E-state index in [0.29, 0.717) is 12.0 Å². The summed E-state index contributed by atoms with van der Waals surface area (Å²) < 4.78 is 0. The molecule has 2 heteroatoms. The molecule has 12 heavy (non-hydrogen) atoms. The lowest BCUT2D eigenvalue weighted by atomic mass is 9.80. The van der Waals surface area contributed by atoms with E-state index in [1.54, 1.807) is 6.21 Å². The molecule has 2 nitrogen and oxygen atoms in total. The molecule has 1 aliphatic carbocycles. The van der Waals surface area contributed by atoms with Gasteiger partial charge >= 0.3 is 0 Å². The van der Waals surface area contributed by atoms with Crippen molar-refractivity contribution in [3.8, 4) is 0 Å². The minimum atomic E-state index is 0.496. The Labute approximate surface area is 73.6 Å². The molecule has 0 aromatic heterocycles. The number of hydrogen-bond acceptors (Lipinski definition) is 2. The van der Waals surface area contributed by atoms with Crippen molar-refractivity contribution < 1.29 is 0 Å². The van der Waals surface area contributed by atoms with Gasteiger partial charge in [0, 0.05) is 12.1 Å². The van der Waals surface area contributed by atoms with Crippen LogP contribution in [0.15, 0.2) is 4.99 Å². The zero-order chi connectivity index (χ0) is 8.55. The van der Waals surface area contributed by atoms with Crippen LogP contribution in [0.4, 0.5) is 0 Å². The fourth-order valence-corrected chi connectivity index (χ4v) is 2.37. The molecule has 0 amide bonds. The summed E-state index contributed by atoms with van der Waals surface area (Å²) in [7, 11) is 0. The number of aliphatic imine (C=N–C) groups is 1. The van der Waals surface area contributed by atoms with Crippen molar-refractivity contribution in [2.45, 2.75) is 38.6 Å². The third kappa shape index (κ3) is 1.43. The lowest BCUT2D eigenvalue weighted by Crippen LogP contribution is -2.31. The number of rotatable bonds is 1. The van der Waals surface area contributed by atoms with Gasteiger partial charge in [0.15, 0.2) is 0 Å². The van der Waals surface area contributed by atoms with Crippen LogP contribution in [0.1, 0.15) is 32.6 Å². The zero-order valence-corrected chi connectivity index (χ0v) is 7.59. The minimum absolute atomic E-state index is 0.496. The van der Waals surface area contributed by atoms with Gasteiger partial charge < -0.3 is 5.41 Å². The Kier molecular flexibility index (Phi) is 1.99. The van der Waals surface area contributed by atoms with E-state index in [1.807, 2.05) is 0 Å². The quantitative estimate of drug-likeness (QED) is 0.577. The first kappa shape index (κ1) is 7.96. The van der Waals surface area contributed by atoms with Crippen molar-refractivity contribution in [3.05, 3.63) is 0 Å². The van der Waals surface area contributed by atoms with Gasteiger partial charge in [-0.15, -0.1) is 0 Å². The van der Waals surface area contributed by atoms with Gasteiger partial charge in [0.1, 0.15) is 0 Å². The van der Waals surface area contributed by atoms with Crippen LogP contribution < -0.4 is 0 Å². The average molecular weight is 164 g/mol. The summed E-state index contributed by atoms with van der Waals surface area (Å²) in [6, 6.07) is 0.569. The van der Waals surface area contributed by atoms with E-state index in [9.17, 15) is 0 Å². The van der Waals surface area contributed by atoms with E-state index in [2.05, 4.69) is 11.9 Å². The molecule has 66 valence electrons. The smallest absolute Gasteiger partial charge is 0.0557 e. The molecule has 1 saturated carbocycles. The van der Waals surface area contributed by atoms with Crippen LogP contribution in [0.5, 0.6) is 0 Å². The number of hydrogen-bond donors (Lipinski definition) is 1. The van der Waals surface area contributed by atoms with Gasteiger partial charge in [-0.25, -0.2) is 0 Å². The second-order valence-electron chi connectivity index (χ2n) is 4.26. The Bertz CT molecular complexity index is 220. The summed E-state index contributed by atoms with van der Waals surface area (Å²) in [5.41, 5.74) is 1.43. The molecule has 2 heterocycles. The van der Waals surface area contributed by atoms with E-state index in [4.69, 9.17) is 5.41 Å². The van der Waals surface area contributed by atoms with Crippen molar-refractivity contribution in [1.29, 1.82) is 5.41 Å². The fourth-order valence-electron chi connectivity index (χ4n) is 2.37. The van der Waals surface area contributed by atoms with Crippen LogP contribution in [-0.4, -0.2) is 18.0 Å². The number of nitrogens with one attached hydrogen (secondary N) is 1. The molecule has 3 aliphatic rings. The summed E-state index contributed by atoms with van der Waals surface area (Å²) in [4.78, 5) is 4.54. The number of nitrogens with zero attached hydrogens (tertiary/aromatic N) is 1. The maximum absolute atomic E-state index is 7.29. The summed E-state index contributed by atoms with van der Waals surface area (Å²) in [5, 5.41) is 7.29. The molecule has 0 unspecified atom stereocenters. The van der Waals surface area contributed by atoms with Gasteiger partial charge in [-0.3, -0.25) is 4.99 Å². The largest absolute Gasteiger partial charge is 0.313 e.